The van der Waals surface area contributed by atoms with Crippen molar-refractivity contribution in [3.05, 3.63) is 30.1 Å². The van der Waals surface area contributed by atoms with Gasteiger partial charge < -0.3 is 14.7 Å². The van der Waals surface area contributed by atoms with Crippen molar-refractivity contribution < 1.29 is 23.4 Å². The molecule has 0 amide bonds. The minimum atomic E-state index is -2.69. The summed E-state index contributed by atoms with van der Waals surface area (Å²) >= 11 is 0. The van der Waals surface area contributed by atoms with Gasteiger partial charge in [-0.15, -0.1) is 0 Å². The number of hydrogen-bond acceptors (Lipinski definition) is 5. The van der Waals surface area contributed by atoms with Crippen LogP contribution in [0.3, 0.4) is 0 Å². The number of carbonyl (C=O) groups is 1. The van der Waals surface area contributed by atoms with E-state index >= 15 is 0 Å². The smallest absolute Gasteiger partial charge is 0.341 e. The molecule has 134 valence electrons. The number of carbonyl (C=O) groups excluding carboxylic acids is 1. The van der Waals surface area contributed by atoms with E-state index in [0.29, 0.717) is 24.2 Å². The predicted octanol–water partition coefficient (Wildman–Crippen LogP) is 2.11. The third kappa shape index (κ3) is 2.47. The fourth-order valence-corrected chi connectivity index (χ4v) is 4.10. The number of halogens is 2. The van der Waals surface area contributed by atoms with Crippen LogP contribution in [0.2, 0.25) is 0 Å². The van der Waals surface area contributed by atoms with Gasteiger partial charge in [0.25, 0.3) is 6.43 Å². The van der Waals surface area contributed by atoms with Crippen LogP contribution >= 0.6 is 0 Å². The first kappa shape index (κ1) is 16.3. The molecule has 6 nitrogen and oxygen atoms in total. The number of aromatic nitrogens is 2. The SMILES string of the molecule is CCOC(=O)c1cnn2ccc(N3CC4(C3)CC(O)(C(F)F)C4)cc12. The molecule has 0 aromatic carbocycles. The van der Waals surface area contributed by atoms with Crippen LogP contribution in [-0.4, -0.2) is 52.4 Å². The Bertz CT molecular complexity index is 822. The van der Waals surface area contributed by atoms with Gasteiger partial charge in [0, 0.05) is 30.4 Å². The average Bonchev–Trinajstić information content (AvgIpc) is 2.92. The maximum Gasteiger partial charge on any atom is 0.341 e. The summed E-state index contributed by atoms with van der Waals surface area (Å²) in [4.78, 5) is 14.1. The van der Waals surface area contributed by atoms with Crippen molar-refractivity contribution in [2.24, 2.45) is 5.41 Å². The van der Waals surface area contributed by atoms with E-state index in [0.717, 1.165) is 5.69 Å². The van der Waals surface area contributed by atoms with E-state index in [2.05, 4.69) is 10.00 Å². The Morgan fingerprint density at radius 3 is 2.80 bits per heavy atom. The lowest BCUT2D eigenvalue weighted by Gasteiger charge is -2.62. The normalized spacial score (nSPS) is 20.6. The minimum Gasteiger partial charge on any atom is -0.462 e. The van der Waals surface area contributed by atoms with Crippen LogP contribution in [0, 0.1) is 5.41 Å². The molecule has 4 rings (SSSR count). The van der Waals surface area contributed by atoms with E-state index < -0.39 is 18.0 Å². The van der Waals surface area contributed by atoms with Crippen molar-refractivity contribution in [3.8, 4) is 0 Å². The van der Waals surface area contributed by atoms with Crippen LogP contribution in [0.1, 0.15) is 30.1 Å². The molecule has 1 N–H and O–H groups in total. The van der Waals surface area contributed by atoms with Crippen LogP contribution in [-0.2, 0) is 4.74 Å². The number of anilines is 1. The molecule has 0 atom stereocenters. The summed E-state index contributed by atoms with van der Waals surface area (Å²) in [5, 5.41) is 13.9. The number of esters is 1. The van der Waals surface area contributed by atoms with Crippen molar-refractivity contribution in [1.29, 1.82) is 0 Å². The summed E-state index contributed by atoms with van der Waals surface area (Å²) in [5.74, 6) is -0.421. The standard InChI is InChI=1S/C17H19F2N3O3/c1-2-25-14(23)12-6-20-22-4-3-11(5-13(12)22)21-9-16(10-21)7-17(24,8-16)15(18)19/h3-6,15,24H,2,7-10H2,1H3. The largest absolute Gasteiger partial charge is 0.462 e. The quantitative estimate of drug-likeness (QED) is 0.855. The Morgan fingerprint density at radius 1 is 1.44 bits per heavy atom. The molecule has 8 heteroatoms. The molecular formula is C17H19F2N3O3. The van der Waals surface area contributed by atoms with E-state index in [9.17, 15) is 18.7 Å². The van der Waals surface area contributed by atoms with E-state index in [1.54, 1.807) is 17.6 Å². The van der Waals surface area contributed by atoms with Gasteiger partial charge in [0.2, 0.25) is 0 Å². The second-order valence-corrected chi connectivity index (χ2v) is 7.11. The number of fused-ring (bicyclic) bond motifs is 1. The molecule has 2 aromatic rings. The minimum absolute atomic E-state index is 0.136. The molecule has 1 saturated carbocycles. The molecule has 0 radical (unpaired) electrons. The summed E-state index contributed by atoms with van der Waals surface area (Å²) in [6, 6.07) is 3.73. The molecule has 0 unspecified atom stereocenters. The number of hydrogen-bond donors (Lipinski definition) is 1. The topological polar surface area (TPSA) is 67.1 Å². The van der Waals surface area contributed by atoms with Crippen molar-refractivity contribution in [1.82, 2.24) is 9.61 Å². The molecule has 2 aliphatic rings. The molecule has 25 heavy (non-hydrogen) atoms. The van der Waals surface area contributed by atoms with Crippen LogP contribution in [0.4, 0.5) is 14.5 Å². The van der Waals surface area contributed by atoms with Crippen molar-refractivity contribution in [3.63, 3.8) is 0 Å². The van der Waals surface area contributed by atoms with Crippen molar-refractivity contribution >= 4 is 17.2 Å². The second kappa shape index (κ2) is 5.39. The van der Waals surface area contributed by atoms with Gasteiger partial charge in [0.15, 0.2) is 0 Å². The Morgan fingerprint density at radius 2 is 2.16 bits per heavy atom. The first-order valence-corrected chi connectivity index (χ1v) is 8.26. The first-order valence-electron chi connectivity index (χ1n) is 8.26. The second-order valence-electron chi connectivity index (χ2n) is 7.11. The lowest BCUT2D eigenvalue weighted by atomic mass is 9.55. The number of ether oxygens (including phenoxy) is 1. The Labute approximate surface area is 143 Å². The molecule has 1 saturated heterocycles. The fourth-order valence-electron chi connectivity index (χ4n) is 4.10. The molecule has 1 aliphatic carbocycles. The number of aliphatic hydroxyl groups is 1. The molecule has 0 bridgehead atoms. The summed E-state index contributed by atoms with van der Waals surface area (Å²) in [7, 11) is 0. The highest BCUT2D eigenvalue weighted by atomic mass is 19.3. The Hall–Kier alpha value is -2.22. The third-order valence-electron chi connectivity index (χ3n) is 5.19. The number of nitrogens with zero attached hydrogens (tertiary/aromatic N) is 3. The van der Waals surface area contributed by atoms with Crippen molar-refractivity contribution in [2.45, 2.75) is 31.8 Å². The summed E-state index contributed by atoms with van der Waals surface area (Å²) in [5.41, 5.74) is -0.0963. The summed E-state index contributed by atoms with van der Waals surface area (Å²) in [6.45, 7) is 3.29. The van der Waals surface area contributed by atoms with Crippen LogP contribution in [0.25, 0.3) is 5.52 Å². The van der Waals surface area contributed by atoms with Gasteiger partial charge in [0.05, 0.1) is 18.3 Å². The number of alkyl halides is 2. The van der Waals surface area contributed by atoms with Gasteiger partial charge in [-0.3, -0.25) is 0 Å². The maximum atomic E-state index is 12.8. The van der Waals surface area contributed by atoms with Gasteiger partial charge >= 0.3 is 5.97 Å². The highest BCUT2D eigenvalue weighted by Crippen LogP contribution is 2.56. The fraction of sp³-hybridized carbons (Fsp3) is 0.529. The molecule has 2 aromatic heterocycles. The number of rotatable bonds is 4. The van der Waals surface area contributed by atoms with E-state index in [1.807, 2.05) is 12.1 Å². The Kier molecular flexibility index (Phi) is 3.50. The van der Waals surface area contributed by atoms with E-state index in [1.165, 1.54) is 6.20 Å². The molecule has 1 aliphatic heterocycles. The van der Waals surface area contributed by atoms with Gasteiger partial charge in [-0.2, -0.15) is 5.10 Å². The van der Waals surface area contributed by atoms with Crippen molar-refractivity contribution in [2.75, 3.05) is 24.6 Å². The third-order valence-corrected chi connectivity index (χ3v) is 5.19. The maximum absolute atomic E-state index is 12.8. The number of pyridine rings is 1. The monoisotopic (exact) mass is 351 g/mol. The van der Waals surface area contributed by atoms with Crippen LogP contribution in [0.5, 0.6) is 0 Å². The highest BCUT2D eigenvalue weighted by Gasteiger charge is 2.63. The lowest BCUT2D eigenvalue weighted by molar-refractivity contribution is -0.209. The lowest BCUT2D eigenvalue weighted by Crippen LogP contribution is -2.70. The molecular weight excluding hydrogens is 332 g/mol. The van der Waals surface area contributed by atoms with Crippen LogP contribution < -0.4 is 4.90 Å². The highest BCUT2D eigenvalue weighted by molar-refractivity contribution is 5.97. The Balaban J connectivity index is 1.50. The van der Waals surface area contributed by atoms with E-state index in [4.69, 9.17) is 4.74 Å². The predicted molar refractivity (Wildman–Crippen MR) is 86.0 cm³/mol. The average molecular weight is 351 g/mol. The first-order chi connectivity index (χ1) is 11.9. The summed E-state index contributed by atoms with van der Waals surface area (Å²) in [6.07, 6.45) is 0.814. The van der Waals surface area contributed by atoms with Gasteiger partial charge in [-0.1, -0.05) is 0 Å². The van der Waals surface area contributed by atoms with E-state index in [-0.39, 0.29) is 24.9 Å². The molecule has 2 fully saturated rings. The van der Waals surface area contributed by atoms with Crippen LogP contribution in [0.15, 0.2) is 24.5 Å². The zero-order valence-electron chi connectivity index (χ0n) is 13.8. The zero-order chi connectivity index (χ0) is 17.8. The van der Waals surface area contributed by atoms with Gasteiger partial charge in [-0.25, -0.2) is 18.1 Å². The molecule has 1 spiro atoms. The van der Waals surface area contributed by atoms with Gasteiger partial charge in [0.1, 0.15) is 11.2 Å². The summed E-state index contributed by atoms with van der Waals surface area (Å²) < 4.78 is 32.2. The van der Waals surface area contributed by atoms with Gasteiger partial charge in [-0.05, 0) is 31.9 Å². The zero-order valence-corrected chi connectivity index (χ0v) is 13.8. The molecule has 3 heterocycles.